The lowest BCUT2D eigenvalue weighted by atomic mass is 9.79. The molecule has 2 unspecified atom stereocenters. The molecule has 0 bridgehead atoms. The van der Waals surface area contributed by atoms with Crippen LogP contribution < -0.4 is 5.32 Å². The highest BCUT2D eigenvalue weighted by Gasteiger charge is 2.39. The first kappa shape index (κ1) is 25.5. The van der Waals surface area contributed by atoms with Crippen molar-refractivity contribution < 1.29 is 19.1 Å². The van der Waals surface area contributed by atoms with E-state index in [9.17, 15) is 9.90 Å². The quantitative estimate of drug-likeness (QED) is 0.277. The molecule has 0 spiro atoms. The van der Waals surface area contributed by atoms with Crippen molar-refractivity contribution in [2.45, 2.75) is 70.9 Å². The van der Waals surface area contributed by atoms with Gasteiger partial charge in [-0.3, -0.25) is 4.79 Å². The van der Waals surface area contributed by atoms with Gasteiger partial charge in [-0.25, -0.2) is 0 Å². The van der Waals surface area contributed by atoms with Gasteiger partial charge in [0.1, 0.15) is 17.1 Å². The smallest absolute Gasteiger partial charge is 0.251 e. The van der Waals surface area contributed by atoms with Crippen molar-refractivity contribution in [1.82, 2.24) is 10.3 Å². The summed E-state index contributed by atoms with van der Waals surface area (Å²) >= 11 is 0. The minimum Gasteiger partial charge on any atom is -0.491 e. The van der Waals surface area contributed by atoms with Gasteiger partial charge >= 0.3 is 0 Å². The summed E-state index contributed by atoms with van der Waals surface area (Å²) in [5, 5.41) is 16.2. The number of furan rings is 1. The molecule has 2 aliphatic rings. The minimum absolute atomic E-state index is 0.0723. The van der Waals surface area contributed by atoms with Crippen LogP contribution in [0.4, 0.5) is 0 Å². The summed E-state index contributed by atoms with van der Waals surface area (Å²) in [5.41, 5.74) is 6.62. The largest absolute Gasteiger partial charge is 0.491 e. The van der Waals surface area contributed by atoms with Gasteiger partial charge in [0.05, 0.1) is 23.8 Å². The summed E-state index contributed by atoms with van der Waals surface area (Å²) in [7, 11) is 0. The van der Waals surface area contributed by atoms with Crippen LogP contribution in [0.1, 0.15) is 60.8 Å². The topological polar surface area (TPSA) is 87.5 Å². The van der Waals surface area contributed by atoms with Gasteiger partial charge in [-0.05, 0) is 87.9 Å². The second-order valence-electron chi connectivity index (χ2n) is 11.5. The lowest BCUT2D eigenvalue weighted by Crippen LogP contribution is -2.55. The maximum atomic E-state index is 14.0. The van der Waals surface area contributed by atoms with E-state index in [-0.39, 0.29) is 24.5 Å². The van der Waals surface area contributed by atoms with Gasteiger partial charge < -0.3 is 24.6 Å². The van der Waals surface area contributed by atoms with Crippen LogP contribution in [-0.2, 0) is 22.4 Å². The molecule has 2 aromatic heterocycles. The number of hydrogen-bond acceptors (Lipinski definition) is 4. The van der Waals surface area contributed by atoms with Gasteiger partial charge in [-0.1, -0.05) is 30.3 Å². The number of carbonyl (C=O) groups is 1. The van der Waals surface area contributed by atoms with Crippen molar-refractivity contribution >= 4 is 27.8 Å². The van der Waals surface area contributed by atoms with E-state index in [4.69, 9.17) is 9.15 Å². The zero-order valence-electron chi connectivity index (χ0n) is 23.1. The molecule has 2 aromatic carbocycles. The molecule has 6 heteroatoms. The van der Waals surface area contributed by atoms with Crippen molar-refractivity contribution in [3.05, 3.63) is 94.1 Å². The number of aromatic nitrogens is 1. The first-order valence-electron chi connectivity index (χ1n) is 13.9. The van der Waals surface area contributed by atoms with E-state index in [1.54, 1.807) is 0 Å². The number of nitrogens with one attached hydrogen (secondary N) is 2. The van der Waals surface area contributed by atoms with Crippen molar-refractivity contribution in [1.29, 1.82) is 0 Å². The molecule has 2 atom stereocenters. The molecule has 2 aliphatic carbocycles. The summed E-state index contributed by atoms with van der Waals surface area (Å²) in [4.78, 5) is 17.6. The Morgan fingerprint density at radius 3 is 2.82 bits per heavy atom. The second-order valence-corrected chi connectivity index (χ2v) is 11.5. The van der Waals surface area contributed by atoms with Crippen LogP contribution in [0.5, 0.6) is 0 Å². The molecule has 0 saturated heterocycles. The minimum atomic E-state index is -0.748. The average molecular weight is 525 g/mol. The summed E-state index contributed by atoms with van der Waals surface area (Å²) in [6.45, 7) is 8.02. The molecule has 6 rings (SSSR count). The van der Waals surface area contributed by atoms with Crippen molar-refractivity contribution in [3.63, 3.8) is 0 Å². The molecule has 0 fully saturated rings. The lowest BCUT2D eigenvalue weighted by Gasteiger charge is -2.37. The Hall–Kier alpha value is -3.77. The van der Waals surface area contributed by atoms with Crippen LogP contribution >= 0.6 is 0 Å². The van der Waals surface area contributed by atoms with Gasteiger partial charge in [-0.15, -0.1) is 0 Å². The van der Waals surface area contributed by atoms with Crippen LogP contribution in [0.3, 0.4) is 0 Å². The van der Waals surface area contributed by atoms with E-state index in [2.05, 4.69) is 42.4 Å². The Labute approximate surface area is 228 Å². The zero-order valence-corrected chi connectivity index (χ0v) is 23.1. The predicted molar refractivity (Wildman–Crippen MR) is 154 cm³/mol. The number of ether oxygens (including phenoxy) is 1. The number of benzene rings is 2. The Balaban J connectivity index is 1.30. The monoisotopic (exact) mass is 524 g/mol. The normalized spacial score (nSPS) is 21.1. The van der Waals surface area contributed by atoms with E-state index in [1.165, 1.54) is 27.8 Å². The van der Waals surface area contributed by atoms with Crippen LogP contribution in [0.2, 0.25) is 0 Å². The number of allylic oxidation sites excluding steroid dienone is 2. The molecule has 0 radical (unpaired) electrons. The van der Waals surface area contributed by atoms with E-state index in [0.29, 0.717) is 30.6 Å². The SMILES string of the molecule is Cc1cc(C)c2c3c([nH]c2c1)CCC(CO)(NC(=O)C1=C(OC(C)C)C=CC(c2cc4ccccc4o2)C1)C3. The molecule has 4 aromatic rings. The van der Waals surface area contributed by atoms with Gasteiger partial charge in [0, 0.05) is 34.3 Å². The van der Waals surface area contributed by atoms with E-state index in [1.807, 2.05) is 50.3 Å². The summed E-state index contributed by atoms with van der Waals surface area (Å²) in [5.74, 6) is 1.13. The number of aromatic amines is 1. The van der Waals surface area contributed by atoms with Crippen LogP contribution in [-0.4, -0.2) is 34.2 Å². The third-order valence-electron chi connectivity index (χ3n) is 8.13. The number of aryl methyl sites for hydroxylation is 3. The Kier molecular flexibility index (Phi) is 6.38. The molecule has 6 nitrogen and oxygen atoms in total. The van der Waals surface area contributed by atoms with Gasteiger partial charge in [0.15, 0.2) is 0 Å². The standard InChI is InChI=1S/C33H36N2O4/c1-19(2)38-29-10-9-23(30-16-22-7-5-6-8-28(22)39-30)15-24(29)32(37)35-33(18-36)12-11-26-25(17-33)31-21(4)13-20(3)14-27(31)34-26/h5-10,13-14,16,19,23,34,36H,11-12,15,17-18H2,1-4H3,(H,35,37). The fourth-order valence-corrected chi connectivity index (χ4v) is 6.29. The maximum absolute atomic E-state index is 14.0. The Bertz CT molecular complexity index is 1600. The van der Waals surface area contributed by atoms with Crippen molar-refractivity contribution in [2.24, 2.45) is 0 Å². The molecular formula is C33H36N2O4. The molecule has 0 aliphatic heterocycles. The maximum Gasteiger partial charge on any atom is 0.251 e. The molecule has 3 N–H and O–H groups in total. The molecule has 39 heavy (non-hydrogen) atoms. The van der Waals surface area contributed by atoms with Crippen LogP contribution in [0.25, 0.3) is 21.9 Å². The molecule has 1 amide bonds. The van der Waals surface area contributed by atoms with Gasteiger partial charge in [-0.2, -0.15) is 0 Å². The van der Waals surface area contributed by atoms with Gasteiger partial charge in [0.2, 0.25) is 0 Å². The first-order valence-corrected chi connectivity index (χ1v) is 13.9. The van der Waals surface area contributed by atoms with E-state index < -0.39 is 5.54 Å². The van der Waals surface area contributed by atoms with Crippen LogP contribution in [0, 0.1) is 13.8 Å². The third kappa shape index (κ3) is 4.67. The number of aliphatic hydroxyl groups excluding tert-OH is 1. The summed E-state index contributed by atoms with van der Waals surface area (Å²) < 4.78 is 12.2. The van der Waals surface area contributed by atoms with Crippen molar-refractivity contribution in [3.8, 4) is 0 Å². The fourth-order valence-electron chi connectivity index (χ4n) is 6.29. The number of aliphatic hydroxyl groups is 1. The first-order chi connectivity index (χ1) is 18.7. The van der Waals surface area contributed by atoms with Crippen LogP contribution in [0.15, 0.2) is 70.4 Å². The Morgan fingerprint density at radius 1 is 1.23 bits per heavy atom. The molecule has 2 heterocycles. The molecular weight excluding hydrogens is 488 g/mol. The number of carbonyl (C=O) groups excluding carboxylic acids is 1. The third-order valence-corrected chi connectivity index (χ3v) is 8.13. The van der Waals surface area contributed by atoms with E-state index >= 15 is 0 Å². The highest BCUT2D eigenvalue weighted by molar-refractivity contribution is 5.96. The fraction of sp³-hybridized carbons (Fsp3) is 0.364. The second kappa shape index (κ2) is 9.76. The number of hydrogen-bond donors (Lipinski definition) is 3. The zero-order chi connectivity index (χ0) is 27.3. The summed E-state index contributed by atoms with van der Waals surface area (Å²) in [6, 6.07) is 14.4. The number of para-hydroxylation sites is 1. The highest BCUT2D eigenvalue weighted by atomic mass is 16.5. The average Bonchev–Trinajstić information content (AvgIpc) is 3.49. The number of fused-ring (bicyclic) bond motifs is 4. The predicted octanol–water partition coefficient (Wildman–Crippen LogP) is 6.29. The molecule has 202 valence electrons. The number of rotatable bonds is 6. The van der Waals surface area contributed by atoms with Crippen molar-refractivity contribution in [2.75, 3.05) is 6.61 Å². The summed E-state index contributed by atoms with van der Waals surface area (Å²) in [6.07, 6.45) is 6.33. The van der Waals surface area contributed by atoms with Gasteiger partial charge in [0.25, 0.3) is 5.91 Å². The van der Waals surface area contributed by atoms with E-state index in [0.717, 1.165) is 28.7 Å². The molecule has 0 saturated carbocycles. The Morgan fingerprint density at radius 2 is 2.05 bits per heavy atom. The highest BCUT2D eigenvalue weighted by Crippen LogP contribution is 2.38. The lowest BCUT2D eigenvalue weighted by molar-refractivity contribution is -0.120. The number of H-pyrrole nitrogens is 1. The number of amides is 1.